The molecule has 0 aliphatic carbocycles. The van der Waals surface area contributed by atoms with E-state index in [9.17, 15) is 14.4 Å². The molecule has 2 N–H and O–H groups in total. The number of amides is 3. The summed E-state index contributed by atoms with van der Waals surface area (Å²) < 4.78 is 6.54. The molecule has 0 saturated carbocycles. The molecule has 3 aromatic rings. The quantitative estimate of drug-likeness (QED) is 0.474. The largest absolute Gasteiger partial charge is 0.495 e. The molecule has 0 unspecified atom stereocenters. The smallest absolute Gasteiger partial charge is 0.321 e. The number of aromatic nitrogens is 2. The number of halogens is 1. The highest BCUT2D eigenvalue weighted by atomic mass is 35.5. The van der Waals surface area contributed by atoms with Crippen LogP contribution in [0.15, 0.2) is 52.4 Å². The highest BCUT2D eigenvalue weighted by Gasteiger charge is 2.16. The van der Waals surface area contributed by atoms with Crippen molar-refractivity contribution in [3.8, 4) is 11.4 Å². The van der Waals surface area contributed by atoms with Gasteiger partial charge in [-0.1, -0.05) is 35.5 Å². The first-order chi connectivity index (χ1) is 13.9. The van der Waals surface area contributed by atoms with Crippen molar-refractivity contribution in [2.75, 3.05) is 19.9 Å². The summed E-state index contributed by atoms with van der Waals surface area (Å²) in [5.41, 5.74) is 0.682. The van der Waals surface area contributed by atoms with E-state index in [1.807, 2.05) is 0 Å². The van der Waals surface area contributed by atoms with E-state index in [2.05, 4.69) is 15.6 Å². The number of carbonyl (C=O) groups is 2. The van der Waals surface area contributed by atoms with Crippen LogP contribution in [0.1, 0.15) is 0 Å². The molecule has 8 nitrogen and oxygen atoms in total. The lowest BCUT2D eigenvalue weighted by Crippen LogP contribution is -2.38. The van der Waals surface area contributed by atoms with E-state index in [1.54, 1.807) is 42.5 Å². The van der Waals surface area contributed by atoms with Gasteiger partial charge in [-0.25, -0.2) is 9.78 Å². The number of fused-ring (bicyclic) bond motifs is 1. The Morgan fingerprint density at radius 2 is 2.00 bits per heavy atom. The summed E-state index contributed by atoms with van der Waals surface area (Å²) >= 11 is 7.26. The molecule has 0 atom stereocenters. The minimum Gasteiger partial charge on any atom is -0.495 e. The Morgan fingerprint density at radius 3 is 2.69 bits per heavy atom. The molecule has 0 radical (unpaired) electrons. The molecule has 3 amide bonds. The molecular formula is C19H17ClN4O4S. The second-order valence-corrected chi connectivity index (χ2v) is 7.14. The summed E-state index contributed by atoms with van der Waals surface area (Å²) in [5, 5.41) is 5.53. The number of ether oxygens (including phenoxy) is 1. The van der Waals surface area contributed by atoms with Crippen LogP contribution >= 0.6 is 23.4 Å². The molecule has 0 aliphatic rings. The number of hydrogen-bond donors (Lipinski definition) is 2. The average molecular weight is 433 g/mol. The van der Waals surface area contributed by atoms with E-state index in [-0.39, 0.29) is 11.3 Å². The van der Waals surface area contributed by atoms with Crippen LogP contribution in [-0.4, -0.2) is 41.4 Å². The van der Waals surface area contributed by atoms with Crippen LogP contribution < -0.4 is 20.9 Å². The molecule has 0 saturated heterocycles. The van der Waals surface area contributed by atoms with Gasteiger partial charge >= 0.3 is 6.03 Å². The Kier molecular flexibility index (Phi) is 6.40. The fourth-order valence-corrected chi connectivity index (χ4v) is 3.65. The topological polar surface area (TPSA) is 102 Å². The number of nitrogens with one attached hydrogen (secondary N) is 2. The zero-order valence-electron chi connectivity index (χ0n) is 15.6. The van der Waals surface area contributed by atoms with E-state index in [1.165, 1.54) is 18.7 Å². The lowest BCUT2D eigenvalue weighted by atomic mass is 10.2. The third kappa shape index (κ3) is 4.52. The molecule has 10 heteroatoms. The molecule has 3 rings (SSSR count). The van der Waals surface area contributed by atoms with Crippen molar-refractivity contribution in [3.05, 3.63) is 57.8 Å². The highest BCUT2D eigenvalue weighted by molar-refractivity contribution is 7.99. The Labute approximate surface area is 175 Å². The first kappa shape index (κ1) is 20.7. The van der Waals surface area contributed by atoms with Gasteiger partial charge in [-0.15, -0.1) is 0 Å². The van der Waals surface area contributed by atoms with Gasteiger partial charge in [0.2, 0.25) is 5.91 Å². The van der Waals surface area contributed by atoms with Crippen molar-refractivity contribution in [1.82, 2.24) is 20.2 Å². The standard InChI is InChI=1S/C19H17ClN4O4S/c1-21-18(27)23-16(25)10-29-19-22-14-6-4-3-5-12(14)17(26)24(19)11-7-8-15(28-2)13(20)9-11/h3-9H,10H2,1-2H3,(H2,21,23,25,27). The number of rotatable bonds is 5. The van der Waals surface area contributed by atoms with E-state index in [4.69, 9.17) is 16.3 Å². The zero-order chi connectivity index (χ0) is 21.0. The highest BCUT2D eigenvalue weighted by Crippen LogP contribution is 2.28. The van der Waals surface area contributed by atoms with Gasteiger partial charge in [-0.05, 0) is 30.3 Å². The van der Waals surface area contributed by atoms with E-state index < -0.39 is 11.9 Å². The number of methoxy groups -OCH3 is 1. The predicted molar refractivity (Wildman–Crippen MR) is 112 cm³/mol. The SMILES string of the molecule is CNC(=O)NC(=O)CSc1nc2ccccc2c(=O)n1-c1ccc(OC)c(Cl)c1. The van der Waals surface area contributed by atoms with Gasteiger partial charge in [0, 0.05) is 7.05 Å². The normalized spacial score (nSPS) is 10.6. The third-order valence-electron chi connectivity index (χ3n) is 3.95. The number of imide groups is 1. The lowest BCUT2D eigenvalue weighted by Gasteiger charge is -2.14. The first-order valence-corrected chi connectivity index (χ1v) is 9.81. The van der Waals surface area contributed by atoms with Crippen LogP contribution in [0.4, 0.5) is 4.79 Å². The number of hydrogen-bond acceptors (Lipinski definition) is 6. The Balaban J connectivity index is 2.07. The number of benzene rings is 2. The summed E-state index contributed by atoms with van der Waals surface area (Å²) in [4.78, 5) is 41.0. The molecule has 150 valence electrons. The third-order valence-corrected chi connectivity index (χ3v) is 5.18. The number of para-hydroxylation sites is 1. The molecular weight excluding hydrogens is 416 g/mol. The number of nitrogens with zero attached hydrogens (tertiary/aromatic N) is 2. The van der Waals surface area contributed by atoms with Crippen molar-refractivity contribution in [3.63, 3.8) is 0 Å². The molecule has 0 aliphatic heterocycles. The number of urea groups is 1. The van der Waals surface area contributed by atoms with Gasteiger partial charge in [0.05, 0.1) is 34.5 Å². The van der Waals surface area contributed by atoms with E-state index in [0.717, 1.165) is 11.8 Å². The zero-order valence-corrected chi connectivity index (χ0v) is 17.1. The molecule has 1 heterocycles. The van der Waals surface area contributed by atoms with Gasteiger partial charge in [0.1, 0.15) is 5.75 Å². The summed E-state index contributed by atoms with van der Waals surface area (Å²) in [6.45, 7) is 0. The van der Waals surface area contributed by atoms with Crippen molar-refractivity contribution in [2.24, 2.45) is 0 Å². The maximum absolute atomic E-state index is 13.2. The maximum Gasteiger partial charge on any atom is 0.321 e. The minimum absolute atomic E-state index is 0.109. The van der Waals surface area contributed by atoms with Crippen molar-refractivity contribution in [1.29, 1.82) is 0 Å². The van der Waals surface area contributed by atoms with Crippen LogP contribution in [0, 0.1) is 0 Å². The Bertz CT molecular complexity index is 1150. The van der Waals surface area contributed by atoms with Crippen molar-refractivity contribution < 1.29 is 14.3 Å². The second kappa shape index (κ2) is 8.97. The van der Waals surface area contributed by atoms with Gasteiger partial charge in [-0.2, -0.15) is 0 Å². The molecule has 0 fully saturated rings. The molecule has 2 aromatic carbocycles. The summed E-state index contributed by atoms with van der Waals surface area (Å²) in [6.07, 6.45) is 0. The lowest BCUT2D eigenvalue weighted by molar-refractivity contribution is -0.117. The first-order valence-electron chi connectivity index (χ1n) is 8.44. The summed E-state index contributed by atoms with van der Waals surface area (Å²) in [7, 11) is 2.91. The monoisotopic (exact) mass is 432 g/mol. The van der Waals surface area contributed by atoms with Crippen LogP contribution in [0.3, 0.4) is 0 Å². The summed E-state index contributed by atoms with van der Waals surface area (Å²) in [5.74, 6) is -0.158. The Hall–Kier alpha value is -3.04. The van der Waals surface area contributed by atoms with Crippen LogP contribution in [0.2, 0.25) is 5.02 Å². The fraction of sp³-hybridized carbons (Fsp3) is 0.158. The minimum atomic E-state index is -0.610. The van der Waals surface area contributed by atoms with Gasteiger partial charge < -0.3 is 10.1 Å². The van der Waals surface area contributed by atoms with Crippen molar-refractivity contribution in [2.45, 2.75) is 5.16 Å². The van der Waals surface area contributed by atoms with Gasteiger partial charge in [-0.3, -0.25) is 19.5 Å². The van der Waals surface area contributed by atoms with Gasteiger partial charge in [0.15, 0.2) is 5.16 Å². The van der Waals surface area contributed by atoms with Crippen LogP contribution in [0.5, 0.6) is 5.75 Å². The summed E-state index contributed by atoms with van der Waals surface area (Å²) in [6, 6.07) is 11.2. The molecule has 1 aromatic heterocycles. The van der Waals surface area contributed by atoms with E-state index >= 15 is 0 Å². The molecule has 0 spiro atoms. The second-order valence-electron chi connectivity index (χ2n) is 5.79. The fourth-order valence-electron chi connectivity index (χ4n) is 2.59. The van der Waals surface area contributed by atoms with Gasteiger partial charge in [0.25, 0.3) is 5.56 Å². The van der Waals surface area contributed by atoms with Crippen LogP contribution in [0.25, 0.3) is 16.6 Å². The number of carbonyl (C=O) groups excluding carboxylic acids is 2. The van der Waals surface area contributed by atoms with Crippen molar-refractivity contribution >= 4 is 46.2 Å². The molecule has 0 bridgehead atoms. The number of thioether (sulfide) groups is 1. The molecule has 29 heavy (non-hydrogen) atoms. The predicted octanol–water partition coefficient (Wildman–Crippen LogP) is 2.60. The van der Waals surface area contributed by atoms with E-state index in [0.29, 0.717) is 32.5 Å². The van der Waals surface area contributed by atoms with Crippen LogP contribution in [-0.2, 0) is 4.79 Å². The maximum atomic E-state index is 13.2. The average Bonchev–Trinajstić information content (AvgIpc) is 2.72. The Morgan fingerprint density at radius 1 is 1.24 bits per heavy atom.